The van der Waals surface area contributed by atoms with Crippen LogP contribution in [0, 0.1) is 0 Å². The molecular formula is C17H12O5. The fraction of sp³-hybridized carbons (Fsp3) is 0.118. The van der Waals surface area contributed by atoms with E-state index in [0.29, 0.717) is 17.1 Å². The van der Waals surface area contributed by atoms with Crippen LogP contribution < -0.4 is 4.74 Å². The van der Waals surface area contributed by atoms with Gasteiger partial charge in [-0.2, -0.15) is 0 Å². The van der Waals surface area contributed by atoms with Crippen molar-refractivity contribution in [2.45, 2.75) is 13.5 Å². The molecule has 0 bridgehead atoms. The Morgan fingerprint density at radius 3 is 2.77 bits per heavy atom. The molecule has 0 aliphatic carbocycles. The molecule has 0 unspecified atom stereocenters. The van der Waals surface area contributed by atoms with Gasteiger partial charge in [0.1, 0.15) is 35.2 Å². The highest BCUT2D eigenvalue weighted by Gasteiger charge is 2.25. The van der Waals surface area contributed by atoms with Crippen LogP contribution in [0.15, 0.2) is 34.7 Å². The molecule has 2 heterocycles. The summed E-state index contributed by atoms with van der Waals surface area (Å²) in [7, 11) is 0. The van der Waals surface area contributed by atoms with E-state index in [0.717, 1.165) is 16.5 Å². The molecule has 1 aromatic heterocycles. The smallest absolute Gasteiger partial charge is 0.163 e. The third kappa shape index (κ3) is 1.69. The Balaban J connectivity index is 2.01. The second-order valence-corrected chi connectivity index (χ2v) is 5.30. The summed E-state index contributed by atoms with van der Waals surface area (Å²) in [5.41, 5.74) is 2.32. The molecule has 0 fully saturated rings. The third-order valence-electron chi connectivity index (χ3n) is 3.87. The molecule has 0 saturated carbocycles. The molecule has 2 aromatic carbocycles. The highest BCUT2D eigenvalue weighted by atomic mass is 16.5. The van der Waals surface area contributed by atoms with E-state index in [4.69, 9.17) is 9.15 Å². The first-order valence-electron chi connectivity index (χ1n) is 6.80. The monoisotopic (exact) mass is 296 g/mol. The summed E-state index contributed by atoms with van der Waals surface area (Å²) in [5, 5.41) is 20.2. The molecule has 4 rings (SSSR count). The number of hydrogen-bond donors (Lipinski definition) is 2. The third-order valence-corrected chi connectivity index (χ3v) is 3.87. The van der Waals surface area contributed by atoms with Crippen molar-refractivity contribution in [3.8, 4) is 28.6 Å². The van der Waals surface area contributed by atoms with Gasteiger partial charge in [-0.05, 0) is 25.1 Å². The topological polar surface area (TPSA) is 79.9 Å². The minimum absolute atomic E-state index is 0.0991. The van der Waals surface area contributed by atoms with E-state index >= 15 is 0 Å². The van der Waals surface area contributed by atoms with Crippen molar-refractivity contribution in [1.29, 1.82) is 0 Å². The van der Waals surface area contributed by atoms with E-state index in [9.17, 15) is 15.0 Å². The number of hydrogen-bond acceptors (Lipinski definition) is 5. The molecule has 0 saturated heterocycles. The molecule has 1 aliphatic heterocycles. The van der Waals surface area contributed by atoms with Gasteiger partial charge in [0.25, 0.3) is 0 Å². The Labute approximate surface area is 125 Å². The van der Waals surface area contributed by atoms with E-state index < -0.39 is 0 Å². The van der Waals surface area contributed by atoms with Crippen LogP contribution in [-0.2, 0) is 6.61 Å². The lowest BCUT2D eigenvalue weighted by molar-refractivity contribution is 0.101. The number of aromatic hydroxyl groups is 2. The first kappa shape index (κ1) is 12.8. The second-order valence-electron chi connectivity index (χ2n) is 5.30. The average molecular weight is 296 g/mol. The lowest BCUT2D eigenvalue weighted by atomic mass is 10.0. The summed E-state index contributed by atoms with van der Waals surface area (Å²) >= 11 is 0. The number of carbonyl (C=O) groups is 1. The first-order valence-corrected chi connectivity index (χ1v) is 6.80. The summed E-state index contributed by atoms with van der Waals surface area (Å²) in [6, 6.07) is 7.89. The van der Waals surface area contributed by atoms with E-state index in [2.05, 4.69) is 0 Å². The van der Waals surface area contributed by atoms with Gasteiger partial charge in [0.15, 0.2) is 5.78 Å². The van der Waals surface area contributed by atoms with Crippen LogP contribution in [0.1, 0.15) is 22.8 Å². The summed E-state index contributed by atoms with van der Waals surface area (Å²) in [4.78, 5) is 11.6. The maximum Gasteiger partial charge on any atom is 0.163 e. The van der Waals surface area contributed by atoms with Crippen LogP contribution >= 0.6 is 0 Å². The zero-order valence-corrected chi connectivity index (χ0v) is 11.7. The molecule has 22 heavy (non-hydrogen) atoms. The van der Waals surface area contributed by atoms with Crippen LogP contribution in [0.5, 0.6) is 17.2 Å². The second kappa shape index (κ2) is 4.27. The van der Waals surface area contributed by atoms with Gasteiger partial charge in [0, 0.05) is 23.1 Å². The molecule has 5 heteroatoms. The first-order chi connectivity index (χ1) is 10.5. The number of carbonyl (C=O) groups excluding carboxylic acids is 1. The van der Waals surface area contributed by atoms with Gasteiger partial charge in [-0.1, -0.05) is 0 Å². The van der Waals surface area contributed by atoms with Crippen LogP contribution in [0.3, 0.4) is 0 Å². The van der Waals surface area contributed by atoms with Gasteiger partial charge in [-0.25, -0.2) is 0 Å². The maximum absolute atomic E-state index is 11.6. The Morgan fingerprint density at radius 2 is 2.00 bits per heavy atom. The molecule has 5 nitrogen and oxygen atoms in total. The van der Waals surface area contributed by atoms with Crippen molar-refractivity contribution in [2.75, 3.05) is 0 Å². The number of Topliss-reactive ketones (excluding diaryl/α,β-unsaturated/α-hetero) is 1. The summed E-state index contributed by atoms with van der Waals surface area (Å²) < 4.78 is 11.5. The van der Waals surface area contributed by atoms with Crippen LogP contribution in [0.2, 0.25) is 0 Å². The van der Waals surface area contributed by atoms with Gasteiger partial charge in [-0.3, -0.25) is 4.79 Å². The zero-order valence-electron chi connectivity index (χ0n) is 11.7. The Kier molecular flexibility index (Phi) is 2.48. The van der Waals surface area contributed by atoms with E-state index in [-0.39, 0.29) is 29.5 Å². The highest BCUT2D eigenvalue weighted by molar-refractivity contribution is 6.02. The number of fused-ring (bicyclic) bond motifs is 5. The number of benzene rings is 2. The molecule has 0 radical (unpaired) electrons. The molecule has 0 amide bonds. The normalized spacial score (nSPS) is 12.6. The lowest BCUT2D eigenvalue weighted by Crippen LogP contribution is -2.03. The largest absolute Gasteiger partial charge is 0.508 e. The van der Waals surface area contributed by atoms with Crippen LogP contribution in [0.25, 0.3) is 22.3 Å². The van der Waals surface area contributed by atoms with Crippen LogP contribution in [0.4, 0.5) is 0 Å². The fourth-order valence-electron chi connectivity index (χ4n) is 2.79. The zero-order chi connectivity index (χ0) is 15.4. The van der Waals surface area contributed by atoms with Gasteiger partial charge >= 0.3 is 0 Å². The molecule has 0 atom stereocenters. The Hall–Kier alpha value is -2.95. The molecular weight excluding hydrogens is 284 g/mol. The maximum atomic E-state index is 11.6. The highest BCUT2D eigenvalue weighted by Crippen LogP contribution is 2.44. The quantitative estimate of drug-likeness (QED) is 0.671. The van der Waals surface area contributed by atoms with Gasteiger partial charge in [-0.15, -0.1) is 0 Å². The molecule has 0 spiro atoms. The van der Waals surface area contributed by atoms with Crippen molar-refractivity contribution in [3.05, 3.63) is 41.5 Å². The summed E-state index contributed by atoms with van der Waals surface area (Å²) in [5.74, 6) is 0.989. The van der Waals surface area contributed by atoms with Gasteiger partial charge in [0.05, 0.1) is 11.1 Å². The standard InChI is InChI=1S/C17H12O5/c1-8(18)11-5-12-13-7-21-15-4-9(19)2-3-10(15)17(13)22-16(12)6-14(11)20/h2-6,19-20H,7H2,1H3. The molecule has 2 N–H and O–H groups in total. The molecule has 3 aromatic rings. The number of phenolic OH excluding ortho intramolecular Hbond substituents is 2. The average Bonchev–Trinajstić information content (AvgIpc) is 2.83. The minimum Gasteiger partial charge on any atom is -0.508 e. The van der Waals surface area contributed by atoms with Crippen molar-refractivity contribution in [3.63, 3.8) is 0 Å². The van der Waals surface area contributed by atoms with Crippen molar-refractivity contribution < 1.29 is 24.2 Å². The Morgan fingerprint density at radius 1 is 1.18 bits per heavy atom. The molecule has 110 valence electrons. The predicted molar refractivity (Wildman–Crippen MR) is 79.3 cm³/mol. The van der Waals surface area contributed by atoms with Gasteiger partial charge in [0.2, 0.25) is 0 Å². The minimum atomic E-state index is -0.212. The van der Waals surface area contributed by atoms with Crippen molar-refractivity contribution in [2.24, 2.45) is 0 Å². The van der Waals surface area contributed by atoms with E-state index in [1.165, 1.54) is 19.1 Å². The number of rotatable bonds is 1. The fourth-order valence-corrected chi connectivity index (χ4v) is 2.79. The SMILES string of the molecule is CC(=O)c1cc2c3c(oc2cc1O)-c1ccc(O)cc1OC3. The number of furan rings is 1. The van der Waals surface area contributed by atoms with Gasteiger partial charge < -0.3 is 19.4 Å². The van der Waals surface area contributed by atoms with E-state index in [1.807, 2.05) is 0 Å². The van der Waals surface area contributed by atoms with Crippen LogP contribution in [-0.4, -0.2) is 16.0 Å². The van der Waals surface area contributed by atoms with E-state index in [1.54, 1.807) is 18.2 Å². The number of phenols is 2. The lowest BCUT2D eigenvalue weighted by Gasteiger charge is -2.16. The van der Waals surface area contributed by atoms with Crippen molar-refractivity contribution >= 4 is 16.8 Å². The summed E-state index contributed by atoms with van der Waals surface area (Å²) in [6.07, 6.45) is 0. The summed E-state index contributed by atoms with van der Waals surface area (Å²) in [6.45, 7) is 1.68. The Bertz CT molecular complexity index is 936. The predicted octanol–water partition coefficient (Wildman–Crippen LogP) is 3.61. The van der Waals surface area contributed by atoms with Crippen molar-refractivity contribution in [1.82, 2.24) is 0 Å². The number of ketones is 1. The number of ether oxygens (including phenoxy) is 1. The molecule has 1 aliphatic rings.